The summed E-state index contributed by atoms with van der Waals surface area (Å²) >= 11 is 0. The molecular formula is C23H28N4O5. The first-order chi connectivity index (χ1) is 15.1. The van der Waals surface area contributed by atoms with E-state index in [4.69, 9.17) is 4.74 Å². The summed E-state index contributed by atoms with van der Waals surface area (Å²) in [4.78, 5) is 38.6. The van der Waals surface area contributed by atoms with Crippen molar-refractivity contribution in [2.24, 2.45) is 5.41 Å². The lowest BCUT2D eigenvalue weighted by molar-refractivity contribution is -0.384. The lowest BCUT2D eigenvalue weighted by Gasteiger charge is -2.29. The molecule has 1 amide bonds. The summed E-state index contributed by atoms with van der Waals surface area (Å²) in [6, 6.07) is 4.42. The Bertz CT molecular complexity index is 1100. The molecule has 1 aliphatic carbocycles. The van der Waals surface area contributed by atoms with Gasteiger partial charge in [-0.25, -0.2) is 4.68 Å². The summed E-state index contributed by atoms with van der Waals surface area (Å²) in [7, 11) is 1.67. The number of nitro benzene ring substituents is 1. The topological polar surface area (TPSA) is 108 Å². The van der Waals surface area contributed by atoms with Gasteiger partial charge in [-0.3, -0.25) is 19.7 Å². The number of likely N-dealkylation sites (N-methyl/N-ethyl adjacent to an activating group) is 1. The van der Waals surface area contributed by atoms with Gasteiger partial charge >= 0.3 is 0 Å². The smallest absolute Gasteiger partial charge is 0.295 e. The lowest BCUT2D eigenvalue weighted by atomic mass is 9.75. The normalized spacial score (nSPS) is 19.6. The third-order valence-electron chi connectivity index (χ3n) is 6.22. The van der Waals surface area contributed by atoms with E-state index in [1.807, 2.05) is 13.8 Å². The average molecular weight is 441 g/mol. The molecule has 0 N–H and O–H groups in total. The van der Waals surface area contributed by atoms with E-state index in [-0.39, 0.29) is 40.1 Å². The van der Waals surface area contributed by atoms with Crippen LogP contribution < -0.4 is 0 Å². The van der Waals surface area contributed by atoms with Crippen molar-refractivity contribution in [3.63, 3.8) is 0 Å². The minimum absolute atomic E-state index is 0.00216. The molecule has 0 saturated carbocycles. The zero-order chi connectivity index (χ0) is 23.2. The maximum Gasteiger partial charge on any atom is 0.295 e. The quantitative estimate of drug-likeness (QED) is 0.520. The molecule has 170 valence electrons. The second kappa shape index (κ2) is 8.12. The number of carbonyl (C=O) groups excluding carboxylic acids is 2. The maximum atomic E-state index is 12.9. The number of fused-ring (bicyclic) bond motifs is 1. The molecule has 1 fully saturated rings. The fraction of sp³-hybridized carbons (Fsp3) is 0.522. The maximum absolute atomic E-state index is 12.9. The highest BCUT2D eigenvalue weighted by Gasteiger charge is 2.37. The predicted octanol–water partition coefficient (Wildman–Crippen LogP) is 3.50. The highest BCUT2D eigenvalue weighted by molar-refractivity contribution is 6.00. The summed E-state index contributed by atoms with van der Waals surface area (Å²) in [5, 5.41) is 16.4. The molecule has 0 radical (unpaired) electrons. The fourth-order valence-electron chi connectivity index (χ4n) is 4.72. The van der Waals surface area contributed by atoms with Gasteiger partial charge in [0.2, 0.25) is 0 Å². The van der Waals surface area contributed by atoms with Crippen molar-refractivity contribution in [3.8, 4) is 5.69 Å². The molecule has 2 heterocycles. The fourth-order valence-corrected chi connectivity index (χ4v) is 4.72. The van der Waals surface area contributed by atoms with E-state index in [2.05, 4.69) is 5.10 Å². The molecular weight excluding hydrogens is 412 g/mol. The number of hydrogen-bond donors (Lipinski definition) is 0. The SMILES string of the molecule is Cc1nn(-c2ccc(C(=O)N(C)CC3CCCO3)cc2[N+](=O)[O-])c2c1C(=O)CC(C)(C)C2. The van der Waals surface area contributed by atoms with E-state index in [1.54, 1.807) is 26.1 Å². The van der Waals surface area contributed by atoms with Crippen LogP contribution in [-0.2, 0) is 11.2 Å². The van der Waals surface area contributed by atoms with E-state index >= 15 is 0 Å². The van der Waals surface area contributed by atoms with E-state index in [0.29, 0.717) is 42.9 Å². The molecule has 9 heteroatoms. The minimum atomic E-state index is -0.509. The number of nitrogens with zero attached hydrogens (tertiary/aromatic N) is 4. The highest BCUT2D eigenvalue weighted by atomic mass is 16.6. The van der Waals surface area contributed by atoms with Crippen LogP contribution in [0.2, 0.25) is 0 Å². The third kappa shape index (κ3) is 4.04. The zero-order valence-electron chi connectivity index (χ0n) is 18.9. The largest absolute Gasteiger partial charge is 0.376 e. The first kappa shape index (κ1) is 22.1. The number of aromatic nitrogens is 2. The molecule has 1 unspecified atom stereocenters. The average Bonchev–Trinajstić information content (AvgIpc) is 3.33. The number of hydrogen-bond acceptors (Lipinski definition) is 6. The van der Waals surface area contributed by atoms with Gasteiger partial charge in [-0.05, 0) is 43.7 Å². The molecule has 1 aromatic heterocycles. The van der Waals surface area contributed by atoms with Gasteiger partial charge in [0, 0.05) is 38.2 Å². The van der Waals surface area contributed by atoms with Crippen LogP contribution in [-0.4, -0.2) is 57.6 Å². The lowest BCUT2D eigenvalue weighted by Crippen LogP contribution is -2.34. The Morgan fingerprint density at radius 2 is 2.12 bits per heavy atom. The number of ketones is 1. The van der Waals surface area contributed by atoms with Gasteiger partial charge in [-0.1, -0.05) is 13.8 Å². The van der Waals surface area contributed by atoms with E-state index in [0.717, 1.165) is 12.8 Å². The van der Waals surface area contributed by atoms with E-state index in [1.165, 1.54) is 15.6 Å². The van der Waals surface area contributed by atoms with Crippen molar-refractivity contribution in [2.45, 2.75) is 52.6 Å². The summed E-state index contributed by atoms with van der Waals surface area (Å²) in [5.74, 6) is -0.296. The molecule has 1 atom stereocenters. The van der Waals surface area contributed by atoms with Crippen molar-refractivity contribution in [2.75, 3.05) is 20.2 Å². The monoisotopic (exact) mass is 440 g/mol. The Balaban J connectivity index is 1.71. The first-order valence-electron chi connectivity index (χ1n) is 10.8. The van der Waals surface area contributed by atoms with Crippen LogP contribution in [0.25, 0.3) is 5.69 Å². The minimum Gasteiger partial charge on any atom is -0.376 e. The molecule has 32 heavy (non-hydrogen) atoms. The summed E-state index contributed by atoms with van der Waals surface area (Å²) < 4.78 is 7.09. The van der Waals surface area contributed by atoms with Crippen LogP contribution in [0.4, 0.5) is 5.69 Å². The number of rotatable bonds is 5. The molecule has 9 nitrogen and oxygen atoms in total. The zero-order valence-corrected chi connectivity index (χ0v) is 18.9. The standard InChI is InChI=1S/C23H28N4O5/c1-14-21-19(11-23(2,3)12-20(21)28)26(24-14)17-8-7-15(10-18(17)27(30)31)22(29)25(4)13-16-6-5-9-32-16/h7-8,10,16H,5-6,9,11-13H2,1-4H3. The van der Waals surface area contributed by atoms with Crippen molar-refractivity contribution < 1.29 is 19.2 Å². The van der Waals surface area contributed by atoms with Crippen LogP contribution >= 0.6 is 0 Å². The summed E-state index contributed by atoms with van der Waals surface area (Å²) in [6.07, 6.45) is 2.86. The van der Waals surface area contributed by atoms with Gasteiger partial charge in [0.15, 0.2) is 5.78 Å². The van der Waals surface area contributed by atoms with Crippen LogP contribution in [0.1, 0.15) is 65.2 Å². The van der Waals surface area contributed by atoms with Crippen LogP contribution in [0.15, 0.2) is 18.2 Å². The molecule has 2 aliphatic rings. The van der Waals surface area contributed by atoms with Crippen LogP contribution in [0, 0.1) is 22.5 Å². The molecule has 1 aromatic carbocycles. The number of benzene rings is 1. The second-order valence-electron chi connectivity index (χ2n) is 9.54. The molecule has 4 rings (SSSR count). The van der Waals surface area contributed by atoms with Gasteiger partial charge in [0.1, 0.15) is 5.69 Å². The molecule has 1 aliphatic heterocycles. The highest BCUT2D eigenvalue weighted by Crippen LogP contribution is 2.38. The molecule has 0 bridgehead atoms. The number of aryl methyl sites for hydroxylation is 1. The number of ether oxygens (including phenoxy) is 1. The Morgan fingerprint density at radius 3 is 2.78 bits per heavy atom. The molecule has 1 saturated heterocycles. The van der Waals surface area contributed by atoms with E-state index < -0.39 is 4.92 Å². The van der Waals surface area contributed by atoms with Crippen LogP contribution in [0.5, 0.6) is 0 Å². The van der Waals surface area contributed by atoms with Crippen molar-refractivity contribution in [1.29, 1.82) is 0 Å². The van der Waals surface area contributed by atoms with Crippen molar-refractivity contribution in [1.82, 2.24) is 14.7 Å². The first-order valence-corrected chi connectivity index (χ1v) is 10.8. The second-order valence-corrected chi connectivity index (χ2v) is 9.54. The number of Topliss-reactive ketones (excluding diaryl/α,β-unsaturated/α-hetero) is 1. The number of nitro groups is 1. The number of amides is 1. The molecule has 2 aromatic rings. The van der Waals surface area contributed by atoms with Gasteiger partial charge in [-0.15, -0.1) is 0 Å². The summed E-state index contributed by atoms with van der Waals surface area (Å²) in [6.45, 7) is 6.88. The third-order valence-corrected chi connectivity index (χ3v) is 6.22. The predicted molar refractivity (Wildman–Crippen MR) is 117 cm³/mol. The van der Waals surface area contributed by atoms with Gasteiger partial charge in [-0.2, -0.15) is 5.10 Å². The Kier molecular flexibility index (Phi) is 5.62. The Labute approximate surface area is 186 Å². The Hall–Kier alpha value is -3.07. The van der Waals surface area contributed by atoms with Gasteiger partial charge in [0.25, 0.3) is 11.6 Å². The van der Waals surface area contributed by atoms with E-state index in [9.17, 15) is 19.7 Å². The number of carbonyl (C=O) groups is 2. The van der Waals surface area contributed by atoms with Crippen molar-refractivity contribution >= 4 is 17.4 Å². The Morgan fingerprint density at radius 1 is 1.38 bits per heavy atom. The van der Waals surface area contributed by atoms with Crippen molar-refractivity contribution in [3.05, 3.63) is 50.8 Å². The van der Waals surface area contributed by atoms with Gasteiger partial charge < -0.3 is 9.64 Å². The molecule has 0 spiro atoms. The van der Waals surface area contributed by atoms with Gasteiger partial charge in [0.05, 0.1) is 28.0 Å². The van der Waals surface area contributed by atoms with Crippen LogP contribution in [0.3, 0.4) is 0 Å². The summed E-state index contributed by atoms with van der Waals surface area (Å²) in [5.41, 5.74) is 1.80.